The number of halogens is 1. The highest BCUT2D eigenvalue weighted by Crippen LogP contribution is 2.62. The van der Waals surface area contributed by atoms with Crippen LogP contribution in [0.1, 0.15) is 37.4 Å². The minimum Gasteiger partial charge on any atom is -0.281 e. The van der Waals surface area contributed by atoms with Crippen molar-refractivity contribution in [2.75, 3.05) is 0 Å². The molecule has 3 aliphatic rings. The predicted molar refractivity (Wildman–Crippen MR) is 72.3 cm³/mol. The average Bonchev–Trinajstić information content (AvgIpc) is 2.83. The van der Waals surface area contributed by atoms with Gasteiger partial charge in [-0.1, -0.05) is 13.8 Å². The number of aromatic nitrogens is 2. The third-order valence-electron chi connectivity index (χ3n) is 5.29. The Labute approximate surface area is 112 Å². The van der Waals surface area contributed by atoms with Crippen molar-refractivity contribution in [2.24, 2.45) is 11.3 Å². The Morgan fingerprint density at radius 1 is 1.26 bits per heavy atom. The van der Waals surface area contributed by atoms with E-state index in [1.807, 2.05) is 12.1 Å². The van der Waals surface area contributed by atoms with Crippen molar-refractivity contribution >= 4 is 0 Å². The Hall–Kier alpha value is -1.64. The molecule has 2 atom stereocenters. The first kappa shape index (κ1) is 11.2. The van der Waals surface area contributed by atoms with Crippen LogP contribution in [0.15, 0.2) is 24.3 Å². The van der Waals surface area contributed by atoms with Crippen LogP contribution in [0.4, 0.5) is 4.39 Å². The van der Waals surface area contributed by atoms with Gasteiger partial charge in [-0.2, -0.15) is 5.10 Å². The van der Waals surface area contributed by atoms with Crippen molar-refractivity contribution in [3.05, 3.63) is 41.3 Å². The lowest BCUT2D eigenvalue weighted by Crippen LogP contribution is -2.48. The normalized spacial score (nSPS) is 26.7. The molecule has 5 rings (SSSR count). The van der Waals surface area contributed by atoms with E-state index in [2.05, 4.69) is 24.0 Å². The molecule has 1 fully saturated rings. The van der Waals surface area contributed by atoms with Crippen LogP contribution in [0.2, 0.25) is 0 Å². The molecule has 2 bridgehead atoms. The van der Waals surface area contributed by atoms with Crippen molar-refractivity contribution < 1.29 is 4.39 Å². The molecule has 0 spiro atoms. The summed E-state index contributed by atoms with van der Waals surface area (Å²) < 4.78 is 13.0. The third-order valence-corrected chi connectivity index (χ3v) is 5.29. The zero-order valence-corrected chi connectivity index (χ0v) is 11.2. The zero-order valence-electron chi connectivity index (χ0n) is 11.2. The molecule has 1 aromatic heterocycles. The van der Waals surface area contributed by atoms with Crippen molar-refractivity contribution in [1.82, 2.24) is 10.2 Å². The average molecular weight is 256 g/mol. The lowest BCUT2D eigenvalue weighted by Gasteiger charge is -2.55. The number of hydrogen-bond donors (Lipinski definition) is 1. The van der Waals surface area contributed by atoms with Crippen molar-refractivity contribution in [2.45, 2.75) is 32.6 Å². The van der Waals surface area contributed by atoms with Gasteiger partial charge in [-0.25, -0.2) is 4.39 Å². The fourth-order valence-corrected chi connectivity index (χ4v) is 3.82. The quantitative estimate of drug-likeness (QED) is 0.823. The van der Waals surface area contributed by atoms with Crippen LogP contribution < -0.4 is 0 Å². The maximum atomic E-state index is 13.0. The van der Waals surface area contributed by atoms with Crippen LogP contribution in [0.25, 0.3) is 11.3 Å². The van der Waals surface area contributed by atoms with Gasteiger partial charge in [-0.3, -0.25) is 5.10 Å². The zero-order chi connectivity index (χ0) is 13.2. The van der Waals surface area contributed by atoms with E-state index < -0.39 is 0 Å². The standard InChI is InChI=1S/C16H17FN2/c1-16(2)10-7-12-14(9-3-5-11(17)6-4-9)18-19-15(12)13(16)8-10/h3-6,10,13H,7-8H2,1-2H3,(H,18,19). The number of rotatable bonds is 1. The van der Waals surface area contributed by atoms with Gasteiger partial charge in [0.1, 0.15) is 5.82 Å². The number of aromatic amines is 1. The summed E-state index contributed by atoms with van der Waals surface area (Å²) in [6.07, 6.45) is 2.38. The van der Waals surface area contributed by atoms with Crippen LogP contribution in [0, 0.1) is 17.2 Å². The Bertz CT molecular complexity index is 639. The number of nitrogens with one attached hydrogen (secondary N) is 1. The minimum absolute atomic E-state index is 0.197. The summed E-state index contributed by atoms with van der Waals surface area (Å²) in [4.78, 5) is 0. The molecule has 0 aliphatic heterocycles. The molecule has 1 N–H and O–H groups in total. The van der Waals surface area contributed by atoms with E-state index in [9.17, 15) is 4.39 Å². The highest BCUT2D eigenvalue weighted by molar-refractivity contribution is 5.65. The summed E-state index contributed by atoms with van der Waals surface area (Å²) in [7, 11) is 0. The number of benzene rings is 1. The Morgan fingerprint density at radius 3 is 2.68 bits per heavy atom. The Kier molecular flexibility index (Phi) is 2.05. The number of H-pyrrole nitrogens is 1. The molecule has 1 saturated carbocycles. The van der Waals surface area contributed by atoms with Gasteiger partial charge in [0.25, 0.3) is 0 Å². The first-order valence-corrected chi connectivity index (χ1v) is 6.90. The maximum absolute atomic E-state index is 13.0. The third kappa shape index (κ3) is 1.38. The molecule has 98 valence electrons. The van der Waals surface area contributed by atoms with Crippen molar-refractivity contribution in [3.63, 3.8) is 0 Å². The number of nitrogens with zero attached hydrogens (tertiary/aromatic N) is 1. The molecule has 3 aliphatic carbocycles. The summed E-state index contributed by atoms with van der Waals surface area (Å²) in [6, 6.07) is 6.64. The molecule has 0 amide bonds. The van der Waals surface area contributed by atoms with Gasteiger partial charge >= 0.3 is 0 Å². The largest absolute Gasteiger partial charge is 0.281 e. The molecule has 0 radical (unpaired) electrons. The van der Waals surface area contributed by atoms with E-state index in [-0.39, 0.29) is 5.82 Å². The molecule has 19 heavy (non-hydrogen) atoms. The first-order valence-electron chi connectivity index (χ1n) is 6.90. The topological polar surface area (TPSA) is 28.7 Å². The highest BCUT2D eigenvalue weighted by Gasteiger charge is 2.54. The predicted octanol–water partition coefficient (Wildman–Crippen LogP) is 3.90. The Morgan fingerprint density at radius 2 is 2.00 bits per heavy atom. The van der Waals surface area contributed by atoms with Gasteiger partial charge in [0.05, 0.1) is 5.69 Å². The van der Waals surface area contributed by atoms with Crippen molar-refractivity contribution in [1.29, 1.82) is 0 Å². The second-order valence-corrected chi connectivity index (χ2v) is 6.48. The molecule has 2 unspecified atom stereocenters. The van der Waals surface area contributed by atoms with E-state index in [0.717, 1.165) is 23.6 Å². The molecule has 0 saturated heterocycles. The molecular formula is C16H17FN2. The lowest BCUT2D eigenvalue weighted by molar-refractivity contribution is 0.0164. The van der Waals surface area contributed by atoms with E-state index in [4.69, 9.17) is 0 Å². The summed E-state index contributed by atoms with van der Waals surface area (Å²) in [5, 5.41) is 7.73. The summed E-state index contributed by atoms with van der Waals surface area (Å²) in [6.45, 7) is 4.71. The summed E-state index contributed by atoms with van der Waals surface area (Å²) in [5.74, 6) is 1.18. The van der Waals surface area contributed by atoms with Gasteiger partial charge in [0, 0.05) is 22.7 Å². The molecule has 3 heteroatoms. The van der Waals surface area contributed by atoms with Crippen LogP contribution in [0.3, 0.4) is 0 Å². The summed E-state index contributed by atoms with van der Waals surface area (Å²) in [5.41, 5.74) is 5.09. The molecule has 1 aromatic carbocycles. The van der Waals surface area contributed by atoms with Gasteiger partial charge in [-0.05, 0) is 48.4 Å². The SMILES string of the molecule is CC1(C)C2Cc3c(-c4ccc(F)cc4)n[nH]c3C1C2. The molecule has 2 nitrogen and oxygen atoms in total. The van der Waals surface area contributed by atoms with E-state index >= 15 is 0 Å². The molecular weight excluding hydrogens is 239 g/mol. The smallest absolute Gasteiger partial charge is 0.123 e. The molecule has 2 aromatic rings. The van der Waals surface area contributed by atoms with Gasteiger partial charge in [0.15, 0.2) is 0 Å². The number of hydrogen-bond acceptors (Lipinski definition) is 1. The Balaban J connectivity index is 1.80. The summed E-state index contributed by atoms with van der Waals surface area (Å²) >= 11 is 0. The van der Waals surface area contributed by atoms with Crippen LogP contribution in [-0.2, 0) is 6.42 Å². The van der Waals surface area contributed by atoms with Gasteiger partial charge in [-0.15, -0.1) is 0 Å². The fourth-order valence-electron chi connectivity index (χ4n) is 3.82. The van der Waals surface area contributed by atoms with Gasteiger partial charge in [0.2, 0.25) is 0 Å². The second kappa shape index (κ2) is 3.47. The van der Waals surface area contributed by atoms with E-state index in [1.54, 1.807) is 0 Å². The second-order valence-electron chi connectivity index (χ2n) is 6.48. The van der Waals surface area contributed by atoms with E-state index in [1.165, 1.54) is 29.8 Å². The molecule has 1 heterocycles. The lowest BCUT2D eigenvalue weighted by atomic mass is 9.48. The maximum Gasteiger partial charge on any atom is 0.123 e. The van der Waals surface area contributed by atoms with Crippen molar-refractivity contribution in [3.8, 4) is 11.3 Å². The minimum atomic E-state index is -0.197. The van der Waals surface area contributed by atoms with Gasteiger partial charge < -0.3 is 0 Å². The highest BCUT2D eigenvalue weighted by atomic mass is 19.1. The van der Waals surface area contributed by atoms with E-state index in [0.29, 0.717) is 11.3 Å². The van der Waals surface area contributed by atoms with Crippen LogP contribution in [0.5, 0.6) is 0 Å². The van der Waals surface area contributed by atoms with Crippen LogP contribution >= 0.6 is 0 Å². The van der Waals surface area contributed by atoms with Crippen LogP contribution in [-0.4, -0.2) is 10.2 Å². The monoisotopic (exact) mass is 256 g/mol. The fraction of sp³-hybridized carbons (Fsp3) is 0.438. The first-order chi connectivity index (χ1) is 9.07.